The molecule has 174 valence electrons. The van der Waals surface area contributed by atoms with E-state index in [2.05, 4.69) is 15.5 Å². The lowest BCUT2D eigenvalue weighted by molar-refractivity contribution is -0.137. The number of likely N-dealkylation sites (N-methyl/N-ethyl adjacent to an activating group) is 1. The highest BCUT2D eigenvalue weighted by Crippen LogP contribution is 2.39. The largest absolute Gasteiger partial charge is 0.355 e. The van der Waals surface area contributed by atoms with Crippen LogP contribution in [-0.4, -0.2) is 66.0 Å². The first-order chi connectivity index (χ1) is 15.9. The molecule has 0 aromatic heterocycles. The molecule has 0 aliphatic carbocycles. The third-order valence-corrected chi connectivity index (χ3v) is 6.24. The van der Waals surface area contributed by atoms with Gasteiger partial charge in [-0.15, -0.1) is 0 Å². The maximum atomic E-state index is 13.6. The highest BCUT2D eigenvalue weighted by atomic mass is 19.1. The number of amides is 4. The number of rotatable bonds is 5. The van der Waals surface area contributed by atoms with Gasteiger partial charge in [0, 0.05) is 31.0 Å². The summed E-state index contributed by atoms with van der Waals surface area (Å²) in [5.74, 6) is -0.710. The van der Waals surface area contributed by atoms with Crippen molar-refractivity contribution in [2.24, 2.45) is 0 Å². The second-order valence-corrected chi connectivity index (χ2v) is 8.32. The Bertz CT molecular complexity index is 1020. The summed E-state index contributed by atoms with van der Waals surface area (Å²) in [6.45, 7) is 3.39. The van der Waals surface area contributed by atoms with Crippen molar-refractivity contribution in [2.45, 2.75) is 25.3 Å². The standard InChI is InChI=1S/C24H28FN5O3/c1-2-26-21(31)16-29-17-30(20-9-4-3-5-10-20)24(22(29)32)11-13-28(14-12-24)23(33)27-19-8-6-7-18(25)15-19/h3-10,15H,2,11-14,16-17H2,1H3,(H,26,31)(H,27,33). The van der Waals surface area contributed by atoms with Gasteiger partial charge in [0.1, 0.15) is 17.9 Å². The summed E-state index contributed by atoms with van der Waals surface area (Å²) < 4.78 is 13.4. The summed E-state index contributed by atoms with van der Waals surface area (Å²) in [7, 11) is 0. The number of benzene rings is 2. The van der Waals surface area contributed by atoms with Crippen molar-refractivity contribution >= 4 is 29.2 Å². The average molecular weight is 454 g/mol. The van der Waals surface area contributed by atoms with Crippen LogP contribution in [0.5, 0.6) is 0 Å². The van der Waals surface area contributed by atoms with E-state index >= 15 is 0 Å². The number of halogens is 1. The Labute approximate surface area is 192 Å². The normalized spacial score (nSPS) is 17.4. The Kier molecular flexibility index (Phi) is 6.48. The molecule has 1 spiro atoms. The van der Waals surface area contributed by atoms with Gasteiger partial charge in [0.25, 0.3) is 5.91 Å². The van der Waals surface area contributed by atoms with Gasteiger partial charge in [-0.2, -0.15) is 0 Å². The second kappa shape index (κ2) is 9.48. The first kappa shape index (κ1) is 22.6. The van der Waals surface area contributed by atoms with Crippen LogP contribution in [0.1, 0.15) is 19.8 Å². The molecule has 0 atom stereocenters. The molecule has 33 heavy (non-hydrogen) atoms. The number of hydrogen-bond acceptors (Lipinski definition) is 4. The molecule has 4 amide bonds. The zero-order chi connectivity index (χ0) is 23.4. The van der Waals surface area contributed by atoms with Gasteiger partial charge >= 0.3 is 6.03 Å². The average Bonchev–Trinajstić information content (AvgIpc) is 3.06. The first-order valence-electron chi connectivity index (χ1n) is 11.1. The highest BCUT2D eigenvalue weighted by molar-refractivity contribution is 5.96. The summed E-state index contributed by atoms with van der Waals surface area (Å²) in [4.78, 5) is 43.7. The van der Waals surface area contributed by atoms with Crippen molar-refractivity contribution in [2.75, 3.05) is 43.1 Å². The fraction of sp³-hybridized carbons (Fsp3) is 0.375. The van der Waals surface area contributed by atoms with Crippen molar-refractivity contribution in [3.05, 3.63) is 60.4 Å². The smallest absolute Gasteiger partial charge is 0.321 e. The van der Waals surface area contributed by atoms with Gasteiger partial charge in [-0.1, -0.05) is 24.3 Å². The van der Waals surface area contributed by atoms with Crippen LogP contribution >= 0.6 is 0 Å². The Hall–Kier alpha value is -3.62. The van der Waals surface area contributed by atoms with E-state index in [1.165, 1.54) is 18.2 Å². The number of nitrogens with one attached hydrogen (secondary N) is 2. The molecule has 0 radical (unpaired) electrons. The molecule has 2 heterocycles. The van der Waals surface area contributed by atoms with Crippen LogP contribution in [0.15, 0.2) is 54.6 Å². The molecular formula is C24H28FN5O3. The lowest BCUT2D eigenvalue weighted by Gasteiger charge is -2.43. The zero-order valence-corrected chi connectivity index (χ0v) is 18.6. The summed E-state index contributed by atoms with van der Waals surface area (Å²) in [5.41, 5.74) is 0.474. The van der Waals surface area contributed by atoms with Crippen molar-refractivity contribution in [3.63, 3.8) is 0 Å². The van der Waals surface area contributed by atoms with Crippen LogP contribution in [0.2, 0.25) is 0 Å². The minimum Gasteiger partial charge on any atom is -0.355 e. The number of urea groups is 1. The summed E-state index contributed by atoms with van der Waals surface area (Å²) in [5, 5.41) is 5.47. The predicted molar refractivity (Wildman–Crippen MR) is 123 cm³/mol. The molecule has 2 aliphatic heterocycles. The fourth-order valence-electron chi connectivity index (χ4n) is 4.60. The predicted octanol–water partition coefficient (Wildman–Crippen LogP) is 2.63. The third kappa shape index (κ3) is 4.62. The van der Waals surface area contributed by atoms with E-state index in [4.69, 9.17) is 0 Å². The van der Waals surface area contributed by atoms with Crippen LogP contribution in [0.25, 0.3) is 0 Å². The van der Waals surface area contributed by atoms with Crippen LogP contribution in [-0.2, 0) is 9.59 Å². The third-order valence-electron chi connectivity index (χ3n) is 6.24. The van der Waals surface area contributed by atoms with Gasteiger partial charge in [0.05, 0.1) is 6.67 Å². The maximum Gasteiger partial charge on any atom is 0.321 e. The number of likely N-dealkylation sites (tertiary alicyclic amines) is 1. The van der Waals surface area contributed by atoms with Crippen LogP contribution in [0.3, 0.4) is 0 Å². The van der Waals surface area contributed by atoms with Crippen molar-refractivity contribution in [1.82, 2.24) is 15.1 Å². The summed E-state index contributed by atoms with van der Waals surface area (Å²) >= 11 is 0. The summed E-state index contributed by atoms with van der Waals surface area (Å²) in [6, 6.07) is 15.1. The molecule has 8 nitrogen and oxygen atoms in total. The van der Waals surface area contributed by atoms with E-state index in [-0.39, 0.29) is 24.4 Å². The zero-order valence-electron chi connectivity index (χ0n) is 18.6. The van der Waals surface area contributed by atoms with E-state index in [1.54, 1.807) is 15.9 Å². The number of hydrogen-bond donors (Lipinski definition) is 2. The van der Waals surface area contributed by atoms with E-state index in [9.17, 15) is 18.8 Å². The first-order valence-corrected chi connectivity index (χ1v) is 11.1. The van der Waals surface area contributed by atoms with E-state index in [0.717, 1.165) is 5.69 Å². The number of carbonyl (C=O) groups is 3. The Morgan fingerprint density at radius 2 is 1.79 bits per heavy atom. The number of anilines is 2. The lowest BCUT2D eigenvalue weighted by atomic mass is 9.85. The number of piperidine rings is 1. The van der Waals surface area contributed by atoms with Gasteiger partial charge in [0.15, 0.2) is 0 Å². The minimum atomic E-state index is -0.816. The van der Waals surface area contributed by atoms with Crippen LogP contribution in [0.4, 0.5) is 20.6 Å². The molecule has 2 N–H and O–H groups in total. The van der Waals surface area contributed by atoms with Gasteiger partial charge in [-0.05, 0) is 50.1 Å². The SMILES string of the molecule is CCNC(=O)CN1CN(c2ccccc2)C2(CCN(C(=O)Nc3cccc(F)c3)CC2)C1=O. The molecule has 2 aromatic carbocycles. The quantitative estimate of drug-likeness (QED) is 0.729. The maximum absolute atomic E-state index is 13.6. The Morgan fingerprint density at radius 1 is 1.06 bits per heavy atom. The van der Waals surface area contributed by atoms with Crippen molar-refractivity contribution in [3.8, 4) is 0 Å². The summed E-state index contributed by atoms with van der Waals surface area (Å²) in [6.07, 6.45) is 0.867. The molecule has 2 aromatic rings. The van der Waals surface area contributed by atoms with Gasteiger partial charge < -0.3 is 25.3 Å². The van der Waals surface area contributed by atoms with Gasteiger partial charge in [-0.25, -0.2) is 9.18 Å². The number of carbonyl (C=O) groups excluding carboxylic acids is 3. The molecule has 4 rings (SSSR count). The number of nitrogens with zero attached hydrogens (tertiary/aromatic N) is 3. The highest BCUT2D eigenvalue weighted by Gasteiger charge is 2.54. The fourth-order valence-corrected chi connectivity index (χ4v) is 4.60. The molecular weight excluding hydrogens is 425 g/mol. The van der Waals surface area contributed by atoms with E-state index < -0.39 is 11.4 Å². The van der Waals surface area contributed by atoms with E-state index in [0.29, 0.717) is 44.8 Å². The van der Waals surface area contributed by atoms with Crippen LogP contribution in [0, 0.1) is 5.82 Å². The molecule has 0 saturated carbocycles. The van der Waals surface area contributed by atoms with Gasteiger partial charge in [0.2, 0.25) is 5.91 Å². The number of para-hydroxylation sites is 1. The Balaban J connectivity index is 1.50. The molecule has 2 saturated heterocycles. The van der Waals surface area contributed by atoms with Crippen molar-refractivity contribution in [1.29, 1.82) is 0 Å². The second-order valence-electron chi connectivity index (χ2n) is 8.32. The monoisotopic (exact) mass is 453 g/mol. The van der Waals surface area contributed by atoms with E-state index in [1.807, 2.05) is 37.3 Å². The molecule has 9 heteroatoms. The molecule has 0 bridgehead atoms. The topological polar surface area (TPSA) is 85.0 Å². The van der Waals surface area contributed by atoms with Crippen LogP contribution < -0.4 is 15.5 Å². The van der Waals surface area contributed by atoms with Crippen molar-refractivity contribution < 1.29 is 18.8 Å². The Morgan fingerprint density at radius 3 is 2.45 bits per heavy atom. The minimum absolute atomic E-state index is 0.00152. The molecule has 2 aliphatic rings. The molecule has 2 fully saturated rings. The lowest BCUT2D eigenvalue weighted by Crippen LogP contribution is -2.58. The molecule has 0 unspecified atom stereocenters. The van der Waals surface area contributed by atoms with Gasteiger partial charge in [-0.3, -0.25) is 9.59 Å².